The maximum absolute atomic E-state index is 10.2. The molecular weight excluding hydrogens is 348 g/mol. The maximum Gasteiger partial charge on any atom is 0.252 e. The van der Waals surface area contributed by atoms with Gasteiger partial charge in [0.1, 0.15) is 11.4 Å². The van der Waals surface area contributed by atoms with Gasteiger partial charge in [0.25, 0.3) is 5.13 Å². The molecule has 8 heteroatoms. The standard InChI is InChI=1S/C15H16N4OS3/c1-4-9-7-11(20)10-6-8(3)22-13(10)12(9)16-17-14-18-19-15(23-14)21-5-2/h6-7,20H,4-5H2,1-3H3. The Morgan fingerprint density at radius 1 is 1.17 bits per heavy atom. The third-order valence-corrected chi connectivity index (χ3v) is 6.12. The van der Waals surface area contributed by atoms with Crippen molar-refractivity contribution in [2.75, 3.05) is 5.75 Å². The summed E-state index contributed by atoms with van der Waals surface area (Å²) in [6.07, 6.45) is 0.780. The zero-order valence-corrected chi connectivity index (χ0v) is 15.5. The summed E-state index contributed by atoms with van der Waals surface area (Å²) in [6, 6.07) is 3.76. The van der Waals surface area contributed by atoms with Crippen molar-refractivity contribution >= 4 is 55.3 Å². The minimum atomic E-state index is 0.303. The van der Waals surface area contributed by atoms with Crippen molar-refractivity contribution in [2.45, 2.75) is 31.5 Å². The van der Waals surface area contributed by atoms with E-state index in [1.165, 1.54) is 11.3 Å². The molecule has 2 heterocycles. The number of thioether (sulfide) groups is 1. The summed E-state index contributed by atoms with van der Waals surface area (Å²) in [7, 11) is 0. The van der Waals surface area contributed by atoms with E-state index in [4.69, 9.17) is 0 Å². The van der Waals surface area contributed by atoms with Gasteiger partial charge in [-0.1, -0.05) is 36.9 Å². The molecule has 0 radical (unpaired) electrons. The summed E-state index contributed by atoms with van der Waals surface area (Å²) in [4.78, 5) is 1.14. The SMILES string of the molecule is CCSc1nnc(N=Nc2c(CC)cc(O)c3cc(C)sc23)s1. The topological polar surface area (TPSA) is 70.7 Å². The van der Waals surface area contributed by atoms with Crippen molar-refractivity contribution in [1.82, 2.24) is 10.2 Å². The van der Waals surface area contributed by atoms with Gasteiger partial charge < -0.3 is 5.11 Å². The van der Waals surface area contributed by atoms with E-state index in [-0.39, 0.29) is 0 Å². The minimum absolute atomic E-state index is 0.303. The van der Waals surface area contributed by atoms with Gasteiger partial charge in [0.15, 0.2) is 4.34 Å². The number of aromatic hydroxyl groups is 1. The Hall–Kier alpha value is -1.51. The van der Waals surface area contributed by atoms with E-state index < -0.39 is 0 Å². The number of nitrogens with zero attached hydrogens (tertiary/aromatic N) is 4. The van der Waals surface area contributed by atoms with Crippen LogP contribution in [0.2, 0.25) is 0 Å². The molecule has 23 heavy (non-hydrogen) atoms. The third kappa shape index (κ3) is 3.39. The Morgan fingerprint density at radius 2 is 2.00 bits per heavy atom. The number of hydrogen-bond acceptors (Lipinski definition) is 8. The molecule has 1 aromatic carbocycles. The molecule has 0 aliphatic carbocycles. The number of azo groups is 1. The van der Waals surface area contributed by atoms with Crippen LogP contribution in [0.15, 0.2) is 26.7 Å². The molecular formula is C15H16N4OS3. The van der Waals surface area contributed by atoms with Gasteiger partial charge in [0.2, 0.25) is 0 Å². The van der Waals surface area contributed by atoms with Gasteiger partial charge in [-0.05, 0) is 36.8 Å². The summed E-state index contributed by atoms with van der Waals surface area (Å²) >= 11 is 4.70. The Bertz CT molecular complexity index is 869. The van der Waals surface area contributed by atoms with Crippen LogP contribution in [-0.4, -0.2) is 21.1 Å². The normalized spacial score (nSPS) is 11.8. The average molecular weight is 365 g/mol. The van der Waals surface area contributed by atoms with Crippen LogP contribution >= 0.6 is 34.4 Å². The van der Waals surface area contributed by atoms with Gasteiger partial charge in [-0.15, -0.1) is 31.8 Å². The highest BCUT2D eigenvalue weighted by Gasteiger charge is 2.14. The van der Waals surface area contributed by atoms with E-state index >= 15 is 0 Å². The second kappa shape index (κ2) is 6.94. The molecule has 0 fully saturated rings. The Morgan fingerprint density at radius 3 is 2.74 bits per heavy atom. The predicted octanol–water partition coefficient (Wildman–Crippen LogP) is 5.86. The molecule has 0 saturated heterocycles. The fraction of sp³-hybridized carbons (Fsp3) is 0.333. The molecule has 120 valence electrons. The first-order chi connectivity index (χ1) is 11.1. The lowest BCUT2D eigenvalue weighted by Gasteiger charge is -2.05. The van der Waals surface area contributed by atoms with E-state index in [1.807, 2.05) is 19.9 Å². The van der Waals surface area contributed by atoms with Gasteiger partial charge in [0, 0.05) is 10.3 Å². The molecule has 0 saturated carbocycles. The van der Waals surface area contributed by atoms with Crippen LogP contribution in [0.1, 0.15) is 24.3 Å². The first-order valence-corrected chi connectivity index (χ1v) is 9.87. The van der Waals surface area contributed by atoms with Crippen molar-refractivity contribution in [3.05, 3.63) is 22.6 Å². The lowest BCUT2D eigenvalue weighted by Crippen LogP contribution is -1.82. The van der Waals surface area contributed by atoms with Gasteiger partial charge >= 0.3 is 0 Å². The molecule has 0 aliphatic heterocycles. The summed E-state index contributed by atoms with van der Waals surface area (Å²) in [5.41, 5.74) is 1.80. The quantitative estimate of drug-likeness (QED) is 0.455. The third-order valence-electron chi connectivity index (χ3n) is 3.24. The molecule has 0 aliphatic rings. The van der Waals surface area contributed by atoms with Crippen LogP contribution in [-0.2, 0) is 6.42 Å². The molecule has 0 spiro atoms. The van der Waals surface area contributed by atoms with Gasteiger partial charge in [0.05, 0.1) is 4.70 Å². The van der Waals surface area contributed by atoms with Crippen LogP contribution < -0.4 is 0 Å². The maximum atomic E-state index is 10.2. The van der Waals surface area contributed by atoms with Crippen molar-refractivity contribution in [1.29, 1.82) is 0 Å². The Balaban J connectivity index is 2.03. The minimum Gasteiger partial charge on any atom is -0.507 e. The molecule has 0 atom stereocenters. The van der Waals surface area contributed by atoms with E-state index in [0.29, 0.717) is 10.9 Å². The number of aryl methyl sites for hydroxylation is 2. The first kappa shape index (κ1) is 16.4. The number of aromatic nitrogens is 2. The Kier molecular flexibility index (Phi) is 4.93. The molecule has 3 aromatic rings. The molecule has 0 unspecified atom stereocenters. The number of rotatable bonds is 5. The molecule has 0 bridgehead atoms. The fourth-order valence-corrected chi connectivity index (χ4v) is 4.83. The monoisotopic (exact) mass is 364 g/mol. The number of fused-ring (bicyclic) bond motifs is 1. The summed E-state index contributed by atoms with van der Waals surface area (Å²) in [6.45, 7) is 6.14. The van der Waals surface area contributed by atoms with Crippen molar-refractivity contribution in [3.8, 4) is 5.75 Å². The Labute approximate surface area is 146 Å². The summed E-state index contributed by atoms with van der Waals surface area (Å²) < 4.78 is 1.87. The zero-order chi connectivity index (χ0) is 16.4. The van der Waals surface area contributed by atoms with Crippen LogP contribution in [0, 0.1) is 6.92 Å². The van der Waals surface area contributed by atoms with Crippen molar-refractivity contribution in [3.63, 3.8) is 0 Å². The zero-order valence-electron chi connectivity index (χ0n) is 13.0. The van der Waals surface area contributed by atoms with Crippen LogP contribution in [0.3, 0.4) is 0 Å². The van der Waals surface area contributed by atoms with E-state index in [2.05, 4.69) is 27.3 Å². The largest absolute Gasteiger partial charge is 0.507 e. The van der Waals surface area contributed by atoms with Crippen LogP contribution in [0.4, 0.5) is 10.8 Å². The number of phenols is 1. The molecule has 1 N–H and O–H groups in total. The van der Waals surface area contributed by atoms with E-state index in [1.54, 1.807) is 29.2 Å². The molecule has 3 rings (SSSR count). The van der Waals surface area contributed by atoms with Crippen LogP contribution in [0.5, 0.6) is 5.75 Å². The van der Waals surface area contributed by atoms with E-state index in [9.17, 15) is 5.11 Å². The van der Waals surface area contributed by atoms with Gasteiger partial charge in [-0.2, -0.15) is 0 Å². The van der Waals surface area contributed by atoms with E-state index in [0.717, 1.165) is 42.7 Å². The van der Waals surface area contributed by atoms with Crippen LogP contribution in [0.25, 0.3) is 10.1 Å². The lowest BCUT2D eigenvalue weighted by atomic mass is 10.1. The molecule has 0 amide bonds. The van der Waals surface area contributed by atoms with Crippen molar-refractivity contribution < 1.29 is 5.11 Å². The smallest absolute Gasteiger partial charge is 0.252 e. The number of thiophene rings is 1. The highest BCUT2D eigenvalue weighted by atomic mass is 32.2. The highest BCUT2D eigenvalue weighted by molar-refractivity contribution is 8.01. The highest BCUT2D eigenvalue weighted by Crippen LogP contribution is 2.42. The van der Waals surface area contributed by atoms with Gasteiger partial charge in [-0.25, -0.2) is 0 Å². The summed E-state index contributed by atoms with van der Waals surface area (Å²) in [5, 5.41) is 28.4. The lowest BCUT2D eigenvalue weighted by molar-refractivity contribution is 0.481. The number of benzene rings is 1. The number of hydrogen-bond donors (Lipinski definition) is 1. The first-order valence-electron chi connectivity index (χ1n) is 7.25. The van der Waals surface area contributed by atoms with Crippen molar-refractivity contribution in [2.24, 2.45) is 10.2 Å². The second-order valence-electron chi connectivity index (χ2n) is 4.84. The predicted molar refractivity (Wildman–Crippen MR) is 98.1 cm³/mol. The fourth-order valence-electron chi connectivity index (χ4n) is 2.23. The molecule has 2 aromatic heterocycles. The van der Waals surface area contributed by atoms with Gasteiger partial charge in [-0.3, -0.25) is 0 Å². The molecule has 5 nitrogen and oxygen atoms in total. The average Bonchev–Trinajstić information content (AvgIpc) is 3.13. The second-order valence-corrected chi connectivity index (χ2v) is 8.56. The summed E-state index contributed by atoms with van der Waals surface area (Å²) in [5.74, 6) is 1.26. The number of phenolic OH excluding ortho intramolecular Hbond substituents is 1.